The minimum absolute atomic E-state index is 0.0590. The van der Waals surface area contributed by atoms with Crippen LogP contribution in [0.15, 0.2) is 78.9 Å². The van der Waals surface area contributed by atoms with Crippen molar-refractivity contribution < 1.29 is 26.8 Å². The van der Waals surface area contributed by atoms with Crippen molar-refractivity contribution in [3.63, 3.8) is 0 Å². The Labute approximate surface area is 241 Å². The fraction of sp³-hybridized carbons (Fsp3) is 0.355. The van der Waals surface area contributed by atoms with Gasteiger partial charge >= 0.3 is 0 Å². The van der Waals surface area contributed by atoms with Crippen molar-refractivity contribution in [2.45, 2.75) is 51.6 Å². The Hall–Kier alpha value is -3.79. The number of rotatable bonds is 15. The Morgan fingerprint density at radius 1 is 0.878 bits per heavy atom. The molecule has 0 heterocycles. The number of unbranched alkanes of at least 4 members (excludes halogenated alkanes) is 1. The van der Waals surface area contributed by atoms with Crippen molar-refractivity contribution in [1.82, 2.24) is 10.2 Å². The van der Waals surface area contributed by atoms with Crippen LogP contribution in [0.25, 0.3) is 0 Å². The molecule has 2 amide bonds. The Morgan fingerprint density at radius 3 is 2.15 bits per heavy atom. The molecule has 1 N–H and O–H groups in total. The summed E-state index contributed by atoms with van der Waals surface area (Å²) in [6, 6.07) is 19.9. The van der Waals surface area contributed by atoms with Crippen molar-refractivity contribution in [2.24, 2.45) is 0 Å². The second kappa shape index (κ2) is 15.3. The zero-order valence-corrected chi connectivity index (χ0v) is 24.2. The number of nitrogens with zero attached hydrogens (tertiary/aromatic N) is 2. The van der Waals surface area contributed by atoms with E-state index in [4.69, 9.17) is 0 Å². The van der Waals surface area contributed by atoms with Crippen molar-refractivity contribution in [2.75, 3.05) is 23.7 Å². The van der Waals surface area contributed by atoms with Crippen LogP contribution in [0.3, 0.4) is 0 Å². The van der Waals surface area contributed by atoms with Gasteiger partial charge in [-0.2, -0.15) is 0 Å². The first-order chi connectivity index (χ1) is 19.6. The lowest BCUT2D eigenvalue weighted by molar-refractivity contribution is -0.141. The summed E-state index contributed by atoms with van der Waals surface area (Å²) < 4.78 is 55.0. The van der Waals surface area contributed by atoms with Gasteiger partial charge in [-0.05, 0) is 36.6 Å². The first-order valence-electron chi connectivity index (χ1n) is 13.7. The van der Waals surface area contributed by atoms with Crippen LogP contribution in [0.2, 0.25) is 0 Å². The Morgan fingerprint density at radius 2 is 1.51 bits per heavy atom. The number of para-hydroxylation sites is 1. The number of nitrogens with one attached hydrogen (secondary N) is 1. The average Bonchev–Trinajstić information content (AvgIpc) is 2.94. The molecule has 0 radical (unpaired) electrons. The molecule has 0 aliphatic heterocycles. The van der Waals surface area contributed by atoms with E-state index in [0.717, 1.165) is 29.0 Å². The van der Waals surface area contributed by atoms with E-state index in [0.29, 0.717) is 6.54 Å². The first-order valence-corrected chi connectivity index (χ1v) is 15.5. The minimum atomic E-state index is -3.84. The molecular formula is C31H37F2N3O4S. The van der Waals surface area contributed by atoms with E-state index in [-0.39, 0.29) is 49.5 Å². The number of anilines is 1. The summed E-state index contributed by atoms with van der Waals surface area (Å²) in [5, 5.41) is 2.91. The molecule has 3 aromatic rings. The lowest BCUT2D eigenvalue weighted by Crippen LogP contribution is -2.50. The molecular weight excluding hydrogens is 548 g/mol. The van der Waals surface area contributed by atoms with Crippen molar-refractivity contribution in [1.29, 1.82) is 0 Å². The van der Waals surface area contributed by atoms with Crippen molar-refractivity contribution in [3.8, 4) is 0 Å². The highest BCUT2D eigenvalue weighted by atomic mass is 32.2. The summed E-state index contributed by atoms with van der Waals surface area (Å²) in [6.45, 7) is 2.15. The van der Waals surface area contributed by atoms with Gasteiger partial charge in [0.15, 0.2) is 0 Å². The lowest BCUT2D eigenvalue weighted by Gasteiger charge is -2.32. The molecule has 0 bridgehead atoms. The number of hydrogen-bond acceptors (Lipinski definition) is 4. The summed E-state index contributed by atoms with van der Waals surface area (Å²) in [4.78, 5) is 28.6. The molecule has 0 spiro atoms. The fourth-order valence-corrected chi connectivity index (χ4v) is 5.47. The molecule has 0 saturated heterocycles. The van der Waals surface area contributed by atoms with E-state index in [1.165, 1.54) is 35.2 Å². The molecule has 7 nitrogen and oxygen atoms in total. The predicted octanol–water partition coefficient (Wildman–Crippen LogP) is 5.07. The third-order valence-corrected chi connectivity index (χ3v) is 7.85. The zero-order chi connectivity index (χ0) is 29.8. The number of benzene rings is 3. The molecule has 0 aromatic heterocycles. The molecule has 0 fully saturated rings. The van der Waals surface area contributed by atoms with Crippen LogP contribution >= 0.6 is 0 Å². The molecule has 3 rings (SSSR count). The SMILES string of the molecule is CCCCNC(=O)[C@@H](Cc1ccccc1)N(Cc1ccccc1F)C(=O)CCCN(c1ccccc1F)S(C)(=O)=O. The van der Waals surface area contributed by atoms with Gasteiger partial charge in [0.25, 0.3) is 0 Å². The number of sulfonamides is 1. The average molecular weight is 586 g/mol. The van der Waals surface area contributed by atoms with Gasteiger partial charge in [-0.3, -0.25) is 13.9 Å². The lowest BCUT2D eigenvalue weighted by atomic mass is 10.0. The molecule has 0 saturated carbocycles. The Balaban J connectivity index is 1.88. The van der Waals surface area contributed by atoms with Crippen LogP contribution in [0.1, 0.15) is 43.7 Å². The quantitative estimate of drug-likeness (QED) is 0.253. The molecule has 1 atom stereocenters. The van der Waals surface area contributed by atoms with E-state index in [9.17, 15) is 26.8 Å². The van der Waals surface area contributed by atoms with Crippen molar-refractivity contribution >= 4 is 27.5 Å². The van der Waals surface area contributed by atoms with Crippen LogP contribution in [-0.2, 0) is 32.6 Å². The predicted molar refractivity (Wildman–Crippen MR) is 157 cm³/mol. The van der Waals surface area contributed by atoms with Gasteiger partial charge in [0, 0.05) is 38.0 Å². The molecule has 3 aromatic carbocycles. The smallest absolute Gasteiger partial charge is 0.243 e. The first kappa shape index (κ1) is 31.7. The molecule has 0 aliphatic rings. The number of amides is 2. The van der Waals surface area contributed by atoms with E-state index < -0.39 is 33.6 Å². The van der Waals surface area contributed by atoms with Gasteiger partial charge in [-0.25, -0.2) is 17.2 Å². The monoisotopic (exact) mass is 585 g/mol. The summed E-state index contributed by atoms with van der Waals surface area (Å²) in [7, 11) is -3.84. The minimum Gasteiger partial charge on any atom is -0.354 e. The van der Waals surface area contributed by atoms with E-state index in [1.807, 2.05) is 37.3 Å². The fourth-order valence-electron chi connectivity index (χ4n) is 4.51. The van der Waals surface area contributed by atoms with Crippen LogP contribution < -0.4 is 9.62 Å². The van der Waals surface area contributed by atoms with Gasteiger partial charge in [-0.15, -0.1) is 0 Å². The van der Waals surface area contributed by atoms with Crippen LogP contribution in [0.5, 0.6) is 0 Å². The highest BCUT2D eigenvalue weighted by molar-refractivity contribution is 7.92. The van der Waals surface area contributed by atoms with E-state index in [1.54, 1.807) is 18.2 Å². The van der Waals surface area contributed by atoms with Gasteiger partial charge in [0.05, 0.1) is 11.9 Å². The van der Waals surface area contributed by atoms with Crippen LogP contribution in [0, 0.1) is 11.6 Å². The summed E-state index contributed by atoms with van der Waals surface area (Å²) in [5.41, 5.74) is 0.976. The second-order valence-corrected chi connectivity index (χ2v) is 11.8. The summed E-state index contributed by atoms with van der Waals surface area (Å²) >= 11 is 0. The summed E-state index contributed by atoms with van der Waals surface area (Å²) in [6.07, 6.45) is 2.75. The van der Waals surface area contributed by atoms with Crippen molar-refractivity contribution in [3.05, 3.63) is 102 Å². The molecule has 0 unspecified atom stereocenters. The maximum atomic E-state index is 14.7. The zero-order valence-electron chi connectivity index (χ0n) is 23.4. The Bertz CT molecular complexity index is 1400. The van der Waals surface area contributed by atoms with E-state index in [2.05, 4.69) is 5.32 Å². The van der Waals surface area contributed by atoms with Gasteiger partial charge in [0.1, 0.15) is 17.7 Å². The summed E-state index contributed by atoms with van der Waals surface area (Å²) in [5.74, 6) is -1.99. The molecule has 10 heteroatoms. The third-order valence-electron chi connectivity index (χ3n) is 6.67. The highest BCUT2D eigenvalue weighted by Crippen LogP contribution is 2.23. The number of halogens is 2. The van der Waals surface area contributed by atoms with Gasteiger partial charge < -0.3 is 10.2 Å². The molecule has 41 heavy (non-hydrogen) atoms. The largest absolute Gasteiger partial charge is 0.354 e. The molecule has 220 valence electrons. The number of carbonyl (C=O) groups is 2. The van der Waals surface area contributed by atoms with Crippen LogP contribution in [-0.4, -0.2) is 50.5 Å². The normalized spacial score (nSPS) is 12.0. The second-order valence-electron chi connectivity index (χ2n) is 9.85. The van der Waals surface area contributed by atoms with E-state index >= 15 is 0 Å². The molecule has 0 aliphatic carbocycles. The van der Waals surface area contributed by atoms with Crippen LogP contribution in [0.4, 0.5) is 14.5 Å². The maximum absolute atomic E-state index is 14.7. The Kier molecular flexibility index (Phi) is 11.8. The number of carbonyl (C=O) groups excluding carboxylic acids is 2. The van der Waals surface area contributed by atoms with Gasteiger partial charge in [0.2, 0.25) is 21.8 Å². The highest BCUT2D eigenvalue weighted by Gasteiger charge is 2.31. The number of hydrogen-bond donors (Lipinski definition) is 1. The van der Waals surface area contributed by atoms with Gasteiger partial charge in [-0.1, -0.05) is 74.0 Å². The standard InChI is InChI=1S/C31H37F2N3O4S/c1-3-4-20-34-31(38)29(22-24-13-6-5-7-14-24)35(23-25-15-8-9-16-26(25)32)30(37)19-12-21-36(41(2,39)40)28-18-11-10-17-27(28)33/h5-11,13-18,29H,3-4,12,19-23H2,1-2H3,(H,34,38)/t29-/m1/s1. The maximum Gasteiger partial charge on any atom is 0.243 e. The third kappa shape index (κ3) is 9.38. The topological polar surface area (TPSA) is 86.8 Å².